The van der Waals surface area contributed by atoms with Crippen LogP contribution < -0.4 is 5.73 Å². The third-order valence-corrected chi connectivity index (χ3v) is 3.78. The number of aliphatic hydroxyl groups excluding tert-OH is 1. The lowest BCUT2D eigenvalue weighted by Crippen LogP contribution is -2.50. The van der Waals surface area contributed by atoms with Gasteiger partial charge < -0.3 is 15.7 Å². The predicted octanol–water partition coefficient (Wildman–Crippen LogP) is -0.750. The summed E-state index contributed by atoms with van der Waals surface area (Å²) < 4.78 is 0. The number of carbonyl (C=O) groups is 1. The first-order valence-corrected chi connectivity index (χ1v) is 6.57. The second-order valence-corrected chi connectivity index (χ2v) is 5.15. The molecule has 3 N–H and O–H groups in total. The third kappa shape index (κ3) is 3.66. The molecule has 2 fully saturated rings. The number of carbonyl (C=O) groups excluding carboxylic acids is 1. The average molecular weight is 241 g/mol. The zero-order valence-corrected chi connectivity index (χ0v) is 10.3. The summed E-state index contributed by atoms with van der Waals surface area (Å²) in [6.45, 7) is 4.19. The van der Waals surface area contributed by atoms with Crippen molar-refractivity contribution >= 4 is 5.91 Å². The van der Waals surface area contributed by atoms with E-state index < -0.39 is 0 Å². The lowest BCUT2D eigenvalue weighted by Gasteiger charge is -2.34. The summed E-state index contributed by atoms with van der Waals surface area (Å²) >= 11 is 0. The number of hydrogen-bond acceptors (Lipinski definition) is 4. The Hall–Kier alpha value is -0.650. The topological polar surface area (TPSA) is 69.8 Å². The number of piperazine rings is 1. The maximum atomic E-state index is 12.0. The molecule has 1 unspecified atom stereocenters. The van der Waals surface area contributed by atoms with E-state index in [9.17, 15) is 4.79 Å². The molecule has 1 saturated carbocycles. The second-order valence-electron chi connectivity index (χ2n) is 5.15. The number of β-amino-alcohol motifs (C(OH)–C–C–N with tert-alkyl or cyclic N) is 1. The lowest BCUT2D eigenvalue weighted by atomic mass is 10.1. The summed E-state index contributed by atoms with van der Waals surface area (Å²) in [4.78, 5) is 16.1. The van der Waals surface area contributed by atoms with Crippen LogP contribution in [0.15, 0.2) is 0 Å². The van der Waals surface area contributed by atoms with Gasteiger partial charge in [0.25, 0.3) is 0 Å². The van der Waals surface area contributed by atoms with E-state index in [1.807, 2.05) is 4.90 Å². The van der Waals surface area contributed by atoms with Crippen molar-refractivity contribution < 1.29 is 9.90 Å². The molecule has 2 aliphatic rings. The number of amides is 1. The number of nitrogens with zero attached hydrogens (tertiary/aromatic N) is 2. The molecule has 2 rings (SSSR count). The highest BCUT2D eigenvalue weighted by Crippen LogP contribution is 2.33. The zero-order valence-electron chi connectivity index (χ0n) is 10.3. The van der Waals surface area contributed by atoms with Crippen LogP contribution in [0.1, 0.15) is 19.3 Å². The number of aliphatic hydroxyl groups is 1. The van der Waals surface area contributed by atoms with Gasteiger partial charge in [-0.3, -0.25) is 9.69 Å². The van der Waals surface area contributed by atoms with E-state index >= 15 is 0 Å². The smallest absolute Gasteiger partial charge is 0.224 e. The maximum Gasteiger partial charge on any atom is 0.224 e. The molecule has 1 aliphatic carbocycles. The Labute approximate surface area is 103 Å². The van der Waals surface area contributed by atoms with Crippen molar-refractivity contribution in [1.29, 1.82) is 0 Å². The highest BCUT2D eigenvalue weighted by molar-refractivity contribution is 5.77. The van der Waals surface area contributed by atoms with Gasteiger partial charge in [0.1, 0.15) is 0 Å². The molecule has 0 spiro atoms. The number of rotatable bonds is 5. The Kier molecular flexibility index (Phi) is 4.36. The predicted molar refractivity (Wildman–Crippen MR) is 65.4 cm³/mol. The first-order chi connectivity index (χ1) is 8.20. The van der Waals surface area contributed by atoms with Crippen LogP contribution in [0.2, 0.25) is 0 Å². The van der Waals surface area contributed by atoms with Crippen molar-refractivity contribution in [3.05, 3.63) is 0 Å². The molecule has 1 aliphatic heterocycles. The summed E-state index contributed by atoms with van der Waals surface area (Å²) in [6.07, 6.45) is 2.89. The monoisotopic (exact) mass is 241 g/mol. The summed E-state index contributed by atoms with van der Waals surface area (Å²) in [5, 5.41) is 8.84. The largest absolute Gasteiger partial charge is 0.395 e. The van der Waals surface area contributed by atoms with E-state index in [0.717, 1.165) is 26.2 Å². The number of nitrogens with two attached hydrogens (primary N) is 1. The van der Waals surface area contributed by atoms with E-state index in [1.165, 1.54) is 12.8 Å². The van der Waals surface area contributed by atoms with Crippen molar-refractivity contribution in [1.82, 2.24) is 9.80 Å². The summed E-state index contributed by atoms with van der Waals surface area (Å²) in [7, 11) is 0. The Balaban J connectivity index is 1.70. The molecule has 0 aromatic carbocycles. The van der Waals surface area contributed by atoms with Crippen molar-refractivity contribution in [3.8, 4) is 0 Å². The lowest BCUT2D eigenvalue weighted by molar-refractivity contribution is -0.133. The molecule has 1 amide bonds. The highest BCUT2D eigenvalue weighted by atomic mass is 16.3. The van der Waals surface area contributed by atoms with Crippen LogP contribution in [0.4, 0.5) is 0 Å². The molecule has 5 nitrogen and oxygen atoms in total. The van der Waals surface area contributed by atoms with E-state index in [1.54, 1.807) is 0 Å². The van der Waals surface area contributed by atoms with Crippen LogP contribution in [0.3, 0.4) is 0 Å². The first kappa shape index (κ1) is 12.8. The fourth-order valence-corrected chi connectivity index (χ4v) is 2.38. The van der Waals surface area contributed by atoms with Crippen LogP contribution in [-0.4, -0.2) is 66.2 Å². The quantitative estimate of drug-likeness (QED) is 0.664. The Morgan fingerprint density at radius 1 is 1.29 bits per heavy atom. The van der Waals surface area contributed by atoms with Gasteiger partial charge in [-0.25, -0.2) is 0 Å². The van der Waals surface area contributed by atoms with Gasteiger partial charge in [0, 0.05) is 45.2 Å². The van der Waals surface area contributed by atoms with Gasteiger partial charge in [0.05, 0.1) is 6.61 Å². The molecule has 98 valence electrons. The SMILES string of the molecule is NC(CC(=O)N1CCN(CCO)CC1)C1CC1. The van der Waals surface area contributed by atoms with Crippen LogP contribution in [0.25, 0.3) is 0 Å². The number of hydrogen-bond donors (Lipinski definition) is 2. The second kappa shape index (κ2) is 5.80. The molecular weight excluding hydrogens is 218 g/mol. The fraction of sp³-hybridized carbons (Fsp3) is 0.917. The average Bonchev–Trinajstić information content (AvgIpc) is 3.14. The van der Waals surface area contributed by atoms with Crippen LogP contribution in [0.5, 0.6) is 0 Å². The van der Waals surface area contributed by atoms with E-state index in [4.69, 9.17) is 10.8 Å². The molecule has 0 aromatic rings. The van der Waals surface area contributed by atoms with Crippen molar-refractivity contribution in [2.24, 2.45) is 11.7 Å². The van der Waals surface area contributed by atoms with Gasteiger partial charge >= 0.3 is 0 Å². The van der Waals surface area contributed by atoms with E-state index in [0.29, 0.717) is 18.9 Å². The standard InChI is InChI=1S/C12H23N3O2/c13-11(10-1-2-10)9-12(17)15-5-3-14(4-6-15)7-8-16/h10-11,16H,1-9,13H2. The minimum atomic E-state index is 0.0676. The van der Waals surface area contributed by atoms with Gasteiger partial charge in [-0.05, 0) is 18.8 Å². The Morgan fingerprint density at radius 3 is 2.47 bits per heavy atom. The third-order valence-electron chi connectivity index (χ3n) is 3.78. The summed E-state index contributed by atoms with van der Waals surface area (Å²) in [5.74, 6) is 0.794. The Bertz CT molecular complexity index is 260. The van der Waals surface area contributed by atoms with Crippen molar-refractivity contribution in [2.75, 3.05) is 39.3 Å². The van der Waals surface area contributed by atoms with Crippen molar-refractivity contribution in [3.63, 3.8) is 0 Å². The van der Waals surface area contributed by atoms with Crippen LogP contribution >= 0.6 is 0 Å². The molecule has 0 radical (unpaired) electrons. The minimum Gasteiger partial charge on any atom is -0.395 e. The zero-order chi connectivity index (χ0) is 12.3. The highest BCUT2D eigenvalue weighted by Gasteiger charge is 2.31. The van der Waals surface area contributed by atoms with Crippen molar-refractivity contribution in [2.45, 2.75) is 25.3 Å². The molecule has 0 aromatic heterocycles. The summed E-state index contributed by atoms with van der Waals surface area (Å²) in [6, 6.07) is 0.0676. The molecule has 1 heterocycles. The van der Waals surface area contributed by atoms with Gasteiger partial charge in [-0.2, -0.15) is 0 Å². The minimum absolute atomic E-state index is 0.0676. The molecular formula is C12H23N3O2. The first-order valence-electron chi connectivity index (χ1n) is 6.57. The maximum absolute atomic E-state index is 12.0. The van der Waals surface area contributed by atoms with E-state index in [2.05, 4.69) is 4.90 Å². The molecule has 17 heavy (non-hydrogen) atoms. The summed E-state index contributed by atoms with van der Waals surface area (Å²) in [5.41, 5.74) is 5.97. The van der Waals surface area contributed by atoms with E-state index in [-0.39, 0.29) is 18.6 Å². The normalized spacial score (nSPS) is 23.8. The van der Waals surface area contributed by atoms with Crippen LogP contribution in [0, 0.1) is 5.92 Å². The molecule has 0 bridgehead atoms. The molecule has 1 saturated heterocycles. The molecule has 1 atom stereocenters. The van der Waals surface area contributed by atoms with Gasteiger partial charge in [0.2, 0.25) is 5.91 Å². The molecule has 5 heteroatoms. The van der Waals surface area contributed by atoms with Gasteiger partial charge in [0.15, 0.2) is 0 Å². The van der Waals surface area contributed by atoms with Crippen LogP contribution in [-0.2, 0) is 4.79 Å². The van der Waals surface area contributed by atoms with Gasteiger partial charge in [-0.1, -0.05) is 0 Å². The fourth-order valence-electron chi connectivity index (χ4n) is 2.38. The van der Waals surface area contributed by atoms with Gasteiger partial charge in [-0.15, -0.1) is 0 Å². The Morgan fingerprint density at radius 2 is 1.94 bits per heavy atom.